The lowest BCUT2D eigenvalue weighted by molar-refractivity contribution is 0.1000. The number of nitrogens with two attached hydrogens (primary N) is 1. The van der Waals surface area contributed by atoms with Crippen molar-refractivity contribution in [3.63, 3.8) is 0 Å². The molecule has 0 unspecified atom stereocenters. The molecular formula is C15H13Cl2FN2O. The minimum Gasteiger partial charge on any atom is -0.380 e. The zero-order chi connectivity index (χ0) is 15.6. The molecule has 0 atom stereocenters. The topological polar surface area (TPSA) is 55.1 Å². The van der Waals surface area contributed by atoms with Crippen molar-refractivity contribution in [3.8, 4) is 0 Å². The summed E-state index contributed by atoms with van der Waals surface area (Å²) in [5, 5.41) is 4.10. The fourth-order valence-electron chi connectivity index (χ4n) is 1.82. The normalized spacial score (nSPS) is 10.5. The molecule has 0 aliphatic carbocycles. The molecule has 0 radical (unpaired) electrons. The molecule has 0 heterocycles. The summed E-state index contributed by atoms with van der Waals surface area (Å²) in [7, 11) is 0. The van der Waals surface area contributed by atoms with E-state index in [1.807, 2.05) is 6.92 Å². The summed E-state index contributed by atoms with van der Waals surface area (Å²) < 4.78 is 13.9. The van der Waals surface area contributed by atoms with E-state index in [4.69, 9.17) is 28.9 Å². The molecule has 0 saturated carbocycles. The molecule has 2 aromatic carbocycles. The Morgan fingerprint density at radius 1 is 1.24 bits per heavy atom. The second-order valence-electron chi connectivity index (χ2n) is 4.61. The maximum atomic E-state index is 13.9. The largest absolute Gasteiger partial charge is 0.380 e. The van der Waals surface area contributed by atoms with Crippen molar-refractivity contribution in [2.45, 2.75) is 13.5 Å². The molecule has 21 heavy (non-hydrogen) atoms. The summed E-state index contributed by atoms with van der Waals surface area (Å²) >= 11 is 12.1. The summed E-state index contributed by atoms with van der Waals surface area (Å²) in [5.41, 5.74) is 7.10. The van der Waals surface area contributed by atoms with Crippen LogP contribution in [-0.2, 0) is 6.54 Å². The third-order valence-corrected chi connectivity index (χ3v) is 3.78. The first-order valence-electron chi connectivity index (χ1n) is 6.16. The summed E-state index contributed by atoms with van der Waals surface area (Å²) in [5.74, 6) is -1.17. The molecule has 110 valence electrons. The van der Waals surface area contributed by atoms with Crippen molar-refractivity contribution >= 4 is 34.8 Å². The second-order valence-corrected chi connectivity index (χ2v) is 5.42. The Kier molecular flexibility index (Phi) is 4.70. The van der Waals surface area contributed by atoms with Gasteiger partial charge in [0.25, 0.3) is 0 Å². The van der Waals surface area contributed by atoms with Gasteiger partial charge in [0.15, 0.2) is 0 Å². The van der Waals surface area contributed by atoms with Crippen molar-refractivity contribution < 1.29 is 9.18 Å². The van der Waals surface area contributed by atoms with E-state index in [-0.39, 0.29) is 12.1 Å². The van der Waals surface area contributed by atoms with Crippen LogP contribution in [0.15, 0.2) is 30.3 Å². The number of carbonyl (C=O) groups is 1. The van der Waals surface area contributed by atoms with Gasteiger partial charge in [-0.1, -0.05) is 29.3 Å². The smallest absolute Gasteiger partial charge is 0.248 e. The standard InChI is InChI=1S/C15H13Cl2FN2O/c1-8-4-12(17)14(6-11(8)16)20-7-10-3-2-9(15(19)21)5-13(10)18/h2-6,20H,7H2,1H3,(H2,19,21). The van der Waals surface area contributed by atoms with Gasteiger partial charge in [0.1, 0.15) is 5.82 Å². The predicted octanol–water partition coefficient (Wildman–Crippen LogP) is 4.15. The molecule has 2 aromatic rings. The lowest BCUT2D eigenvalue weighted by atomic mass is 10.1. The number of rotatable bonds is 4. The number of carbonyl (C=O) groups excluding carboxylic acids is 1. The minimum absolute atomic E-state index is 0.132. The highest BCUT2D eigenvalue weighted by Gasteiger charge is 2.09. The van der Waals surface area contributed by atoms with Crippen molar-refractivity contribution in [3.05, 3.63) is 62.9 Å². The van der Waals surface area contributed by atoms with Crippen molar-refractivity contribution in [1.29, 1.82) is 0 Å². The van der Waals surface area contributed by atoms with E-state index in [0.717, 1.165) is 11.6 Å². The fourth-order valence-corrected chi connectivity index (χ4v) is 2.26. The highest BCUT2D eigenvalue weighted by atomic mass is 35.5. The van der Waals surface area contributed by atoms with Gasteiger partial charge in [0.05, 0.1) is 10.7 Å². The van der Waals surface area contributed by atoms with Crippen molar-refractivity contribution in [2.75, 3.05) is 5.32 Å². The average Bonchev–Trinajstić information content (AvgIpc) is 2.42. The Labute approximate surface area is 131 Å². The molecule has 3 nitrogen and oxygen atoms in total. The van der Waals surface area contributed by atoms with Crippen LogP contribution >= 0.6 is 23.2 Å². The van der Waals surface area contributed by atoms with Crippen LogP contribution < -0.4 is 11.1 Å². The number of nitrogens with one attached hydrogen (secondary N) is 1. The van der Waals surface area contributed by atoms with Crippen LogP contribution in [0, 0.1) is 12.7 Å². The van der Waals surface area contributed by atoms with E-state index in [2.05, 4.69) is 5.32 Å². The van der Waals surface area contributed by atoms with Crippen LogP contribution in [-0.4, -0.2) is 5.91 Å². The van der Waals surface area contributed by atoms with Crippen molar-refractivity contribution in [2.24, 2.45) is 5.73 Å². The molecule has 0 spiro atoms. The van der Waals surface area contributed by atoms with Gasteiger partial charge in [-0.15, -0.1) is 0 Å². The van der Waals surface area contributed by atoms with Crippen LogP contribution in [0.1, 0.15) is 21.5 Å². The lowest BCUT2D eigenvalue weighted by Crippen LogP contribution is -2.12. The van der Waals surface area contributed by atoms with Gasteiger partial charge in [0.2, 0.25) is 5.91 Å². The van der Waals surface area contributed by atoms with Gasteiger partial charge >= 0.3 is 0 Å². The van der Waals surface area contributed by atoms with E-state index in [9.17, 15) is 9.18 Å². The van der Waals surface area contributed by atoms with E-state index in [1.54, 1.807) is 12.1 Å². The number of benzene rings is 2. The van der Waals surface area contributed by atoms with Gasteiger partial charge in [-0.05, 0) is 36.8 Å². The van der Waals surface area contributed by atoms with Gasteiger partial charge in [-0.25, -0.2) is 4.39 Å². The molecule has 3 N–H and O–H groups in total. The summed E-state index contributed by atoms with van der Waals surface area (Å²) in [6, 6.07) is 7.52. The molecule has 0 aliphatic rings. The maximum absolute atomic E-state index is 13.9. The van der Waals surface area contributed by atoms with Crippen LogP contribution in [0.3, 0.4) is 0 Å². The molecule has 0 bridgehead atoms. The third kappa shape index (κ3) is 3.65. The van der Waals surface area contributed by atoms with E-state index in [0.29, 0.717) is 21.3 Å². The highest BCUT2D eigenvalue weighted by molar-refractivity contribution is 6.35. The average molecular weight is 327 g/mol. The van der Waals surface area contributed by atoms with Crippen LogP contribution in [0.4, 0.5) is 10.1 Å². The summed E-state index contributed by atoms with van der Waals surface area (Å²) in [4.78, 5) is 11.0. The number of halogens is 3. The molecule has 0 aliphatic heterocycles. The second kappa shape index (κ2) is 6.33. The number of hydrogen-bond donors (Lipinski definition) is 2. The number of primary amides is 1. The van der Waals surface area contributed by atoms with Gasteiger partial charge in [-0.2, -0.15) is 0 Å². The van der Waals surface area contributed by atoms with Gasteiger partial charge < -0.3 is 11.1 Å². The maximum Gasteiger partial charge on any atom is 0.248 e. The Bertz CT molecular complexity index is 704. The van der Waals surface area contributed by atoms with Crippen molar-refractivity contribution in [1.82, 2.24) is 0 Å². The number of amides is 1. The number of aryl methyl sites for hydroxylation is 1. The van der Waals surface area contributed by atoms with Crippen LogP contribution in [0.5, 0.6) is 0 Å². The van der Waals surface area contributed by atoms with Gasteiger partial charge in [0, 0.05) is 22.7 Å². The lowest BCUT2D eigenvalue weighted by Gasteiger charge is -2.11. The molecule has 1 amide bonds. The summed E-state index contributed by atoms with van der Waals surface area (Å²) in [6.45, 7) is 2.06. The molecule has 0 saturated heterocycles. The molecule has 0 fully saturated rings. The first kappa shape index (κ1) is 15.6. The zero-order valence-electron chi connectivity index (χ0n) is 11.2. The van der Waals surface area contributed by atoms with Crippen LogP contribution in [0.25, 0.3) is 0 Å². The fraction of sp³-hybridized carbons (Fsp3) is 0.133. The highest BCUT2D eigenvalue weighted by Crippen LogP contribution is 2.29. The molecule has 2 rings (SSSR count). The van der Waals surface area contributed by atoms with Crippen LogP contribution in [0.2, 0.25) is 10.0 Å². The zero-order valence-corrected chi connectivity index (χ0v) is 12.7. The monoisotopic (exact) mass is 326 g/mol. The number of anilines is 1. The Morgan fingerprint density at radius 2 is 1.95 bits per heavy atom. The summed E-state index contributed by atoms with van der Waals surface area (Å²) in [6.07, 6.45) is 0. The van der Waals surface area contributed by atoms with E-state index >= 15 is 0 Å². The Hall–Kier alpha value is -1.78. The predicted molar refractivity (Wildman–Crippen MR) is 83.4 cm³/mol. The number of hydrogen-bond acceptors (Lipinski definition) is 2. The third-order valence-electron chi connectivity index (χ3n) is 3.06. The van der Waals surface area contributed by atoms with E-state index in [1.165, 1.54) is 12.1 Å². The molecular weight excluding hydrogens is 314 g/mol. The van der Waals surface area contributed by atoms with Gasteiger partial charge in [-0.3, -0.25) is 4.79 Å². The first-order chi connectivity index (χ1) is 9.88. The SMILES string of the molecule is Cc1cc(Cl)c(NCc2ccc(C(N)=O)cc2F)cc1Cl. The molecule has 6 heteroatoms. The Morgan fingerprint density at radius 3 is 2.57 bits per heavy atom. The quantitative estimate of drug-likeness (QED) is 0.886. The minimum atomic E-state index is -0.665. The molecule has 0 aromatic heterocycles. The Balaban J connectivity index is 2.17. The van der Waals surface area contributed by atoms with E-state index < -0.39 is 11.7 Å². The first-order valence-corrected chi connectivity index (χ1v) is 6.92.